The van der Waals surface area contributed by atoms with E-state index in [1.165, 1.54) is 5.57 Å². The van der Waals surface area contributed by atoms with Crippen molar-refractivity contribution in [1.29, 1.82) is 0 Å². The summed E-state index contributed by atoms with van der Waals surface area (Å²) in [5.74, 6) is 0.0334. The molecule has 4 aliphatic carbocycles. The maximum atomic E-state index is 12.6. The standard InChI is InChI=1S/C47H80O17/c1-22(2)10-9-14-47(8,64-40-37(57)32(52)25(51)21-59-40)23-11-16-46(7)31(23)24(50)18-29-44(5)15-13-30(43(3,4)28(44)12-17-45(29,46)6)62-42-39(36(56)34(54)27(20-49)61-42)63-41-38(58)35(55)33(53)26(19-48)60-41/h10,23-42,48-58H,9,11-21H2,1-8H3/t23-,24+,25+,26+,27+,28-,29+,30-,31-,32-,33+,34+,35-,36-,37+,38+,39+,40-,41-,42-,44-,45+,46+,47-/m0/s1. The molecule has 0 radical (unpaired) electrons. The van der Waals surface area contributed by atoms with Crippen molar-refractivity contribution in [3.63, 3.8) is 0 Å². The van der Waals surface area contributed by atoms with Crippen molar-refractivity contribution in [2.75, 3.05) is 19.8 Å². The summed E-state index contributed by atoms with van der Waals surface area (Å²) in [5.41, 5.74) is -0.853. The molecule has 4 saturated carbocycles. The van der Waals surface area contributed by atoms with Gasteiger partial charge in [0.25, 0.3) is 0 Å². The molecule has 0 bridgehead atoms. The van der Waals surface area contributed by atoms with Crippen LogP contribution in [0.15, 0.2) is 11.6 Å². The molecule has 24 atom stereocenters. The fourth-order valence-electron chi connectivity index (χ4n) is 14.6. The lowest BCUT2D eigenvalue weighted by Gasteiger charge is -2.71. The fourth-order valence-corrected chi connectivity index (χ4v) is 14.6. The first-order valence-corrected chi connectivity index (χ1v) is 23.8. The molecule has 7 aliphatic rings. The van der Waals surface area contributed by atoms with Crippen molar-refractivity contribution in [3.05, 3.63) is 11.6 Å². The summed E-state index contributed by atoms with van der Waals surface area (Å²) in [7, 11) is 0. The first-order chi connectivity index (χ1) is 29.9. The average molecular weight is 917 g/mol. The summed E-state index contributed by atoms with van der Waals surface area (Å²) >= 11 is 0. The van der Waals surface area contributed by atoms with Gasteiger partial charge in [0.05, 0.1) is 37.6 Å². The van der Waals surface area contributed by atoms with E-state index >= 15 is 0 Å². The average Bonchev–Trinajstić information content (AvgIpc) is 3.63. The molecule has 7 fully saturated rings. The van der Waals surface area contributed by atoms with Gasteiger partial charge in [0, 0.05) is 0 Å². The Morgan fingerprint density at radius 1 is 0.656 bits per heavy atom. The Morgan fingerprint density at radius 2 is 1.27 bits per heavy atom. The number of rotatable bonds is 12. The van der Waals surface area contributed by atoms with Gasteiger partial charge < -0.3 is 84.6 Å². The topological polar surface area (TPSA) is 278 Å². The summed E-state index contributed by atoms with van der Waals surface area (Å²) in [5, 5.41) is 118. The van der Waals surface area contributed by atoms with Crippen LogP contribution in [0, 0.1) is 45.3 Å². The molecule has 7 rings (SSSR count). The van der Waals surface area contributed by atoms with Crippen LogP contribution in [0.4, 0.5) is 0 Å². The number of allylic oxidation sites excluding steroid dienone is 2. The Kier molecular flexibility index (Phi) is 14.9. The fraction of sp³-hybridized carbons (Fsp3) is 0.957. The molecule has 17 heteroatoms. The minimum atomic E-state index is -1.78. The molecule has 3 aliphatic heterocycles. The maximum absolute atomic E-state index is 12.6. The first-order valence-electron chi connectivity index (χ1n) is 23.8. The number of aliphatic hydroxyl groups is 11. The number of ether oxygens (including phenoxy) is 6. The molecule has 17 nitrogen and oxygen atoms in total. The maximum Gasteiger partial charge on any atom is 0.187 e. The highest BCUT2D eigenvalue weighted by molar-refractivity contribution is 5.20. The molecule has 370 valence electrons. The summed E-state index contributed by atoms with van der Waals surface area (Å²) in [4.78, 5) is 0. The predicted molar refractivity (Wildman–Crippen MR) is 228 cm³/mol. The van der Waals surface area contributed by atoms with Crippen LogP contribution in [0.3, 0.4) is 0 Å². The molecule has 3 saturated heterocycles. The quantitative estimate of drug-likeness (QED) is 0.0946. The Labute approximate surface area is 377 Å². The van der Waals surface area contributed by atoms with E-state index < -0.39 is 122 Å². The van der Waals surface area contributed by atoms with Crippen LogP contribution in [0.2, 0.25) is 0 Å². The van der Waals surface area contributed by atoms with Gasteiger partial charge in [-0.05, 0) is 124 Å². The zero-order chi connectivity index (χ0) is 47.1. The van der Waals surface area contributed by atoms with Crippen LogP contribution >= 0.6 is 0 Å². The summed E-state index contributed by atoms with van der Waals surface area (Å²) < 4.78 is 37.1. The van der Waals surface area contributed by atoms with Gasteiger partial charge in [-0.2, -0.15) is 0 Å². The van der Waals surface area contributed by atoms with Gasteiger partial charge in [-0.15, -0.1) is 0 Å². The minimum Gasteiger partial charge on any atom is -0.394 e. The largest absolute Gasteiger partial charge is 0.394 e. The molecule has 64 heavy (non-hydrogen) atoms. The van der Waals surface area contributed by atoms with Gasteiger partial charge in [0.2, 0.25) is 0 Å². The van der Waals surface area contributed by atoms with Gasteiger partial charge in [-0.25, -0.2) is 0 Å². The minimum absolute atomic E-state index is 0.0908. The summed E-state index contributed by atoms with van der Waals surface area (Å²) in [6.45, 7) is 16.1. The number of hydrogen-bond acceptors (Lipinski definition) is 17. The monoisotopic (exact) mass is 917 g/mol. The van der Waals surface area contributed by atoms with E-state index in [0.29, 0.717) is 25.7 Å². The van der Waals surface area contributed by atoms with Crippen molar-refractivity contribution in [2.24, 2.45) is 45.3 Å². The molecule has 0 aromatic carbocycles. The second kappa shape index (κ2) is 18.8. The van der Waals surface area contributed by atoms with Crippen LogP contribution < -0.4 is 0 Å². The van der Waals surface area contributed by atoms with E-state index in [1.807, 2.05) is 13.8 Å². The SMILES string of the molecule is CC(C)=CCC[C@](C)(O[C@@H]1OC[C@@H](O)[C@H](O)[C@H]1O)[C@H]1CC[C@]2(C)[C@@H]1[C@H](O)C[C@@H]1[C@@]3(C)CC[C@H](O[C@@H]4O[C@H](CO)[C@@H](O)[C@H](O)[C@H]4O[C@@H]4O[C@H](CO)[C@@H](O)[C@H](O)[C@H]4O)C(C)(C)[C@@H]3CC[C@]12C. The van der Waals surface area contributed by atoms with Crippen molar-refractivity contribution in [2.45, 2.75) is 217 Å². The van der Waals surface area contributed by atoms with E-state index in [4.69, 9.17) is 28.4 Å². The highest BCUT2D eigenvalue weighted by atomic mass is 16.8. The Bertz CT molecular complexity index is 1630. The second-order valence-corrected chi connectivity index (χ2v) is 22.4. The lowest BCUT2D eigenvalue weighted by Crippen LogP contribution is -2.68. The van der Waals surface area contributed by atoms with Gasteiger partial charge >= 0.3 is 0 Å². The summed E-state index contributed by atoms with van der Waals surface area (Å²) in [6.07, 6.45) is -12.9. The molecular weight excluding hydrogens is 837 g/mol. The predicted octanol–water partition coefficient (Wildman–Crippen LogP) is 0.612. The summed E-state index contributed by atoms with van der Waals surface area (Å²) in [6, 6.07) is 0. The molecular formula is C47H80O17. The van der Waals surface area contributed by atoms with Crippen molar-refractivity contribution in [1.82, 2.24) is 0 Å². The van der Waals surface area contributed by atoms with Gasteiger partial charge in [0.1, 0.15) is 67.1 Å². The van der Waals surface area contributed by atoms with Crippen molar-refractivity contribution in [3.8, 4) is 0 Å². The van der Waals surface area contributed by atoms with Crippen LogP contribution in [-0.2, 0) is 28.4 Å². The molecule has 0 amide bonds. The molecule has 0 aromatic heterocycles. The van der Waals surface area contributed by atoms with E-state index in [0.717, 1.165) is 32.1 Å². The normalized spacial score (nSPS) is 52.5. The smallest absolute Gasteiger partial charge is 0.187 e. The second-order valence-electron chi connectivity index (χ2n) is 22.4. The third-order valence-corrected chi connectivity index (χ3v) is 18.4. The molecule has 0 aromatic rings. The molecule has 0 spiro atoms. The molecule has 3 heterocycles. The zero-order valence-electron chi connectivity index (χ0n) is 39.0. The number of hydrogen-bond donors (Lipinski definition) is 11. The van der Waals surface area contributed by atoms with Gasteiger partial charge in [-0.3, -0.25) is 0 Å². The third-order valence-electron chi connectivity index (χ3n) is 18.4. The molecule has 11 N–H and O–H groups in total. The van der Waals surface area contributed by atoms with Crippen LogP contribution in [0.1, 0.15) is 113 Å². The number of aliphatic hydroxyl groups excluding tert-OH is 11. The van der Waals surface area contributed by atoms with Gasteiger partial charge in [-0.1, -0.05) is 46.3 Å². The molecule has 0 unspecified atom stereocenters. The van der Waals surface area contributed by atoms with Crippen molar-refractivity contribution >= 4 is 0 Å². The lowest BCUT2D eigenvalue weighted by molar-refractivity contribution is -0.378. The van der Waals surface area contributed by atoms with E-state index in [-0.39, 0.29) is 46.5 Å². The highest BCUT2D eigenvalue weighted by Crippen LogP contribution is 2.76. The van der Waals surface area contributed by atoms with Crippen LogP contribution in [-0.4, -0.2) is 180 Å². The lowest BCUT2D eigenvalue weighted by atomic mass is 9.35. The van der Waals surface area contributed by atoms with E-state index in [1.54, 1.807) is 0 Å². The van der Waals surface area contributed by atoms with Crippen LogP contribution in [0.5, 0.6) is 0 Å². The van der Waals surface area contributed by atoms with E-state index in [9.17, 15) is 56.2 Å². The third kappa shape index (κ3) is 8.49. The highest BCUT2D eigenvalue weighted by Gasteiger charge is 2.72. The van der Waals surface area contributed by atoms with Crippen LogP contribution in [0.25, 0.3) is 0 Å². The van der Waals surface area contributed by atoms with Gasteiger partial charge in [0.15, 0.2) is 18.9 Å². The Balaban J connectivity index is 1.12. The zero-order valence-corrected chi connectivity index (χ0v) is 39.0. The Hall–Kier alpha value is -0.940. The first kappa shape index (κ1) is 50.9. The Morgan fingerprint density at radius 3 is 1.91 bits per heavy atom. The van der Waals surface area contributed by atoms with Crippen molar-refractivity contribution < 1.29 is 84.6 Å². The number of fused-ring (bicyclic) bond motifs is 5. The van der Waals surface area contributed by atoms with E-state index in [2.05, 4.69) is 47.6 Å².